The predicted molar refractivity (Wildman–Crippen MR) is 94.6 cm³/mol. The van der Waals surface area contributed by atoms with Crippen LogP contribution in [0.5, 0.6) is 0 Å². The SMILES string of the molecule is C=CCCCCC(C#N)(Cn1ccnc1)c1ccc(Cl)cc1Cl. The molecule has 1 heterocycles. The molecule has 1 aromatic heterocycles. The Hall–Kier alpha value is -1.76. The monoisotopic (exact) mass is 347 g/mol. The summed E-state index contributed by atoms with van der Waals surface area (Å²) in [5, 5.41) is 11.1. The van der Waals surface area contributed by atoms with Crippen molar-refractivity contribution < 1.29 is 0 Å². The molecule has 0 spiro atoms. The molecule has 3 nitrogen and oxygen atoms in total. The highest BCUT2D eigenvalue weighted by atomic mass is 35.5. The van der Waals surface area contributed by atoms with E-state index in [1.807, 2.05) is 22.9 Å². The standard InChI is InChI=1S/C18H19Cl2N3/c1-2-3-4-5-8-18(12-21,13-23-10-9-22-14-23)16-7-6-15(19)11-17(16)20/h2,6-7,9-11,14H,1,3-5,8,13H2. The summed E-state index contributed by atoms with van der Waals surface area (Å²) in [6, 6.07) is 7.85. The molecule has 0 radical (unpaired) electrons. The Morgan fingerprint density at radius 2 is 2.17 bits per heavy atom. The normalized spacial score (nSPS) is 13.3. The van der Waals surface area contributed by atoms with Gasteiger partial charge >= 0.3 is 0 Å². The maximum Gasteiger partial charge on any atom is 0.101 e. The lowest BCUT2D eigenvalue weighted by atomic mass is 9.77. The zero-order valence-corrected chi connectivity index (χ0v) is 14.4. The molecule has 2 aromatic rings. The molecule has 0 aliphatic carbocycles. The molecule has 0 aliphatic heterocycles. The largest absolute Gasteiger partial charge is 0.336 e. The number of unbranched alkanes of at least 4 members (excludes halogenated alkanes) is 2. The minimum absolute atomic E-state index is 0.513. The number of halogens is 2. The average molecular weight is 348 g/mol. The second kappa shape index (κ2) is 8.19. The fourth-order valence-electron chi connectivity index (χ4n) is 2.74. The molecule has 0 saturated carbocycles. The van der Waals surface area contributed by atoms with E-state index in [-0.39, 0.29) is 0 Å². The third-order valence-corrected chi connectivity index (χ3v) is 4.48. The van der Waals surface area contributed by atoms with Crippen LogP contribution in [0.2, 0.25) is 10.0 Å². The van der Waals surface area contributed by atoms with E-state index in [0.717, 1.165) is 31.2 Å². The maximum absolute atomic E-state index is 9.98. The summed E-state index contributed by atoms with van der Waals surface area (Å²) in [6.45, 7) is 4.26. The second-order valence-electron chi connectivity index (χ2n) is 5.59. The summed E-state index contributed by atoms with van der Waals surface area (Å²) in [5.74, 6) is 0. The molecular weight excluding hydrogens is 329 g/mol. The lowest BCUT2D eigenvalue weighted by Gasteiger charge is -2.28. The van der Waals surface area contributed by atoms with Crippen LogP contribution in [-0.4, -0.2) is 9.55 Å². The molecule has 1 unspecified atom stereocenters. The molecule has 23 heavy (non-hydrogen) atoms. The predicted octanol–water partition coefficient (Wildman–Crippen LogP) is 5.40. The summed E-state index contributed by atoms with van der Waals surface area (Å²) in [6.07, 6.45) is 10.8. The third-order valence-electron chi connectivity index (χ3n) is 3.93. The Morgan fingerprint density at radius 3 is 2.78 bits per heavy atom. The van der Waals surface area contributed by atoms with Gasteiger partial charge in [-0.05, 0) is 37.0 Å². The number of imidazole rings is 1. The van der Waals surface area contributed by atoms with Crippen molar-refractivity contribution in [2.75, 3.05) is 0 Å². The summed E-state index contributed by atoms with van der Waals surface area (Å²) in [4.78, 5) is 4.07. The highest BCUT2D eigenvalue weighted by Gasteiger charge is 2.34. The van der Waals surface area contributed by atoms with Gasteiger partial charge in [-0.2, -0.15) is 5.26 Å². The first-order valence-corrected chi connectivity index (χ1v) is 8.30. The Bertz CT molecular complexity index is 689. The molecule has 0 bridgehead atoms. The van der Waals surface area contributed by atoms with Gasteiger partial charge in [-0.1, -0.05) is 41.8 Å². The number of allylic oxidation sites excluding steroid dienone is 1. The van der Waals surface area contributed by atoms with Gasteiger partial charge in [0.05, 0.1) is 12.4 Å². The molecule has 5 heteroatoms. The van der Waals surface area contributed by atoms with Crippen molar-refractivity contribution in [3.05, 3.63) is 65.2 Å². The molecule has 120 valence electrons. The van der Waals surface area contributed by atoms with Crippen molar-refractivity contribution in [1.29, 1.82) is 5.26 Å². The minimum Gasteiger partial charge on any atom is -0.336 e. The van der Waals surface area contributed by atoms with Crippen LogP contribution in [0.3, 0.4) is 0 Å². The molecule has 1 atom stereocenters. The quantitative estimate of drug-likeness (QED) is 0.474. The van der Waals surface area contributed by atoms with Crippen LogP contribution in [-0.2, 0) is 12.0 Å². The van der Waals surface area contributed by atoms with Crippen molar-refractivity contribution in [2.24, 2.45) is 0 Å². The molecule has 2 rings (SSSR count). The molecule has 0 amide bonds. The van der Waals surface area contributed by atoms with Crippen LogP contribution in [0.15, 0.2) is 49.6 Å². The van der Waals surface area contributed by atoms with Gasteiger partial charge in [0.25, 0.3) is 0 Å². The number of hydrogen-bond acceptors (Lipinski definition) is 2. The first-order chi connectivity index (χ1) is 11.1. The Kier molecular flexibility index (Phi) is 6.27. The topological polar surface area (TPSA) is 41.6 Å². The van der Waals surface area contributed by atoms with Crippen molar-refractivity contribution >= 4 is 23.2 Å². The fraction of sp³-hybridized carbons (Fsp3) is 0.333. The number of benzene rings is 1. The van der Waals surface area contributed by atoms with E-state index >= 15 is 0 Å². The van der Waals surface area contributed by atoms with Gasteiger partial charge in [-0.15, -0.1) is 6.58 Å². The summed E-state index contributed by atoms with van der Waals surface area (Å²) in [7, 11) is 0. The van der Waals surface area contributed by atoms with E-state index < -0.39 is 5.41 Å². The van der Waals surface area contributed by atoms with Gasteiger partial charge in [-0.3, -0.25) is 0 Å². The van der Waals surface area contributed by atoms with Crippen molar-refractivity contribution in [3.63, 3.8) is 0 Å². The maximum atomic E-state index is 9.98. The highest BCUT2D eigenvalue weighted by molar-refractivity contribution is 6.35. The van der Waals surface area contributed by atoms with E-state index in [1.54, 1.807) is 24.7 Å². The lowest BCUT2D eigenvalue weighted by Crippen LogP contribution is -2.30. The first kappa shape index (κ1) is 17.6. The lowest BCUT2D eigenvalue weighted by molar-refractivity contribution is 0.409. The third kappa shape index (κ3) is 4.37. The Labute approximate surface area is 147 Å². The van der Waals surface area contributed by atoms with E-state index in [0.29, 0.717) is 16.6 Å². The highest BCUT2D eigenvalue weighted by Crippen LogP contribution is 2.37. The van der Waals surface area contributed by atoms with E-state index in [1.165, 1.54) is 0 Å². The number of rotatable bonds is 8. The van der Waals surface area contributed by atoms with Crippen molar-refractivity contribution in [3.8, 4) is 6.07 Å². The van der Waals surface area contributed by atoms with E-state index in [9.17, 15) is 5.26 Å². The first-order valence-electron chi connectivity index (χ1n) is 7.55. The van der Waals surface area contributed by atoms with E-state index in [4.69, 9.17) is 23.2 Å². The average Bonchev–Trinajstić information content (AvgIpc) is 3.03. The number of aromatic nitrogens is 2. The summed E-state index contributed by atoms with van der Waals surface area (Å²) < 4.78 is 1.92. The molecule has 0 N–H and O–H groups in total. The van der Waals surface area contributed by atoms with Crippen molar-refractivity contribution in [2.45, 2.75) is 37.6 Å². The van der Waals surface area contributed by atoms with Gasteiger partial charge < -0.3 is 4.57 Å². The van der Waals surface area contributed by atoms with Gasteiger partial charge in [0.2, 0.25) is 0 Å². The van der Waals surface area contributed by atoms with E-state index in [2.05, 4.69) is 17.6 Å². The van der Waals surface area contributed by atoms with Gasteiger partial charge in [0.15, 0.2) is 0 Å². The van der Waals surface area contributed by atoms with Crippen LogP contribution in [0.4, 0.5) is 0 Å². The van der Waals surface area contributed by atoms with Crippen LogP contribution in [0, 0.1) is 11.3 Å². The molecular formula is C18H19Cl2N3. The molecule has 0 aliphatic rings. The Balaban J connectivity index is 2.35. The number of nitrogens with zero attached hydrogens (tertiary/aromatic N) is 3. The van der Waals surface area contributed by atoms with Gasteiger partial charge in [0, 0.05) is 29.0 Å². The number of hydrogen-bond donors (Lipinski definition) is 0. The summed E-state index contributed by atoms with van der Waals surface area (Å²) >= 11 is 12.4. The summed E-state index contributed by atoms with van der Waals surface area (Å²) in [5.41, 5.74) is 0.113. The van der Waals surface area contributed by atoms with Crippen LogP contribution in [0.25, 0.3) is 0 Å². The smallest absolute Gasteiger partial charge is 0.101 e. The second-order valence-corrected chi connectivity index (χ2v) is 6.43. The van der Waals surface area contributed by atoms with Gasteiger partial charge in [-0.25, -0.2) is 4.98 Å². The fourth-order valence-corrected chi connectivity index (χ4v) is 3.32. The zero-order valence-electron chi connectivity index (χ0n) is 12.9. The molecule has 1 aromatic carbocycles. The van der Waals surface area contributed by atoms with Crippen LogP contribution in [0.1, 0.15) is 31.2 Å². The van der Waals surface area contributed by atoms with Crippen LogP contribution < -0.4 is 0 Å². The van der Waals surface area contributed by atoms with Crippen molar-refractivity contribution in [1.82, 2.24) is 9.55 Å². The van der Waals surface area contributed by atoms with Crippen LogP contribution >= 0.6 is 23.2 Å². The molecule has 0 fully saturated rings. The number of nitriles is 1. The minimum atomic E-state index is -0.705. The Morgan fingerprint density at radius 1 is 1.35 bits per heavy atom. The van der Waals surface area contributed by atoms with Gasteiger partial charge in [0.1, 0.15) is 5.41 Å². The molecule has 0 saturated heterocycles. The zero-order chi connectivity index (χ0) is 16.7.